The zero-order valence-electron chi connectivity index (χ0n) is 93.3. The Labute approximate surface area is 936 Å². The van der Waals surface area contributed by atoms with Gasteiger partial charge in [0.2, 0.25) is 0 Å². The molecule has 148 heavy (non-hydrogen) atoms. The van der Waals surface area contributed by atoms with E-state index >= 15 is 0 Å². The van der Waals surface area contributed by atoms with E-state index in [2.05, 4.69) is 320 Å². The molecule has 16 aromatic rings. The third kappa shape index (κ3) is 35.5. The van der Waals surface area contributed by atoms with Crippen molar-refractivity contribution in [3.05, 3.63) is 360 Å². The van der Waals surface area contributed by atoms with Crippen LogP contribution in [0, 0.1) is 95.3 Å². The maximum atomic E-state index is 9.60. The van der Waals surface area contributed by atoms with Crippen molar-refractivity contribution in [1.82, 2.24) is 19.9 Å². The second kappa shape index (κ2) is 52.5. The molecular formula is C132H156Ir4N4O8. The van der Waals surface area contributed by atoms with Gasteiger partial charge in [0.1, 0.15) is 23.0 Å². The van der Waals surface area contributed by atoms with Gasteiger partial charge in [-0.05, 0) is 240 Å². The smallest absolute Gasteiger partial charge is 0.325 e. The van der Waals surface area contributed by atoms with E-state index in [0.717, 1.165) is 45.0 Å². The van der Waals surface area contributed by atoms with E-state index in [1.54, 1.807) is 0 Å². The van der Waals surface area contributed by atoms with E-state index < -0.39 is 0 Å². The number of rotatable bonds is 8. The zero-order chi connectivity index (χ0) is 107. The molecule has 8 N–H and O–H groups in total. The number of nitrogens with zero attached hydrogens (tertiary/aromatic N) is 4. The summed E-state index contributed by atoms with van der Waals surface area (Å²) in [7, 11) is 0. The number of aromatic nitrogens is 4. The molecule has 16 heteroatoms. The molecule has 0 aliphatic heterocycles. The Morgan fingerprint density at radius 1 is 0.223 bits per heavy atom. The first-order chi connectivity index (χ1) is 66.7. The number of pyridine rings is 4. The second-order valence-electron chi connectivity index (χ2n) is 47.9. The van der Waals surface area contributed by atoms with Gasteiger partial charge in [0.25, 0.3) is 0 Å². The van der Waals surface area contributed by atoms with Gasteiger partial charge >= 0.3 is 23.1 Å². The first-order valence-electron chi connectivity index (χ1n) is 49.7. The van der Waals surface area contributed by atoms with Crippen molar-refractivity contribution in [2.45, 2.75) is 246 Å². The van der Waals surface area contributed by atoms with E-state index in [1.807, 2.05) is 215 Å². The maximum absolute atomic E-state index is 9.60. The van der Waals surface area contributed by atoms with Crippen molar-refractivity contribution < 1.29 is 120 Å². The predicted molar refractivity (Wildman–Crippen MR) is 617 cm³/mol. The minimum absolute atomic E-state index is 0. The summed E-state index contributed by atoms with van der Waals surface area (Å²) in [6.07, 6.45) is 13.4. The molecule has 0 saturated carbocycles. The van der Waals surface area contributed by atoms with E-state index in [-0.39, 0.29) is 181 Å². The number of allylic oxidation sites excluding steroid dienone is 8. The van der Waals surface area contributed by atoms with Crippen molar-refractivity contribution >= 4 is 109 Å². The summed E-state index contributed by atoms with van der Waals surface area (Å²) < 4.78 is 0. The van der Waals surface area contributed by atoms with Gasteiger partial charge in [-0.3, -0.25) is 19.2 Å². The molecule has 0 amide bonds. The molecular weight excluding hydrogens is 2540 g/mol. The van der Waals surface area contributed by atoms with Gasteiger partial charge in [-0.2, -0.15) is 0 Å². The predicted octanol–water partition coefficient (Wildman–Crippen LogP) is 35.5. The average Bonchev–Trinajstić information content (AvgIpc) is 0.747. The molecule has 0 unspecified atom stereocenters. The van der Waals surface area contributed by atoms with Crippen LogP contribution in [0.4, 0.5) is 0 Å². The van der Waals surface area contributed by atoms with Crippen LogP contribution in [0.1, 0.15) is 241 Å². The number of hydrogen-bond donors (Lipinski definition) is 4. The van der Waals surface area contributed by atoms with Crippen LogP contribution < -0.4 is 0 Å². The average molecular weight is 2700 g/mol. The van der Waals surface area contributed by atoms with Crippen LogP contribution in [-0.4, -0.2) is 82.7 Å². The molecule has 788 valence electrons. The summed E-state index contributed by atoms with van der Waals surface area (Å²) in [6.45, 7) is 67.4. The Morgan fingerprint density at radius 2 is 0.446 bits per heavy atom. The van der Waals surface area contributed by atoms with E-state index in [0.29, 0.717) is 0 Å². The van der Waals surface area contributed by atoms with Crippen molar-refractivity contribution in [1.29, 1.82) is 0 Å². The van der Waals surface area contributed by atoms with Crippen LogP contribution in [0.3, 0.4) is 0 Å². The van der Waals surface area contributed by atoms with Gasteiger partial charge in [-0.15, -0.1) is 142 Å². The fourth-order valence-corrected chi connectivity index (χ4v) is 14.8. The van der Waals surface area contributed by atoms with Crippen molar-refractivity contribution in [3.63, 3.8) is 0 Å². The van der Waals surface area contributed by atoms with Crippen LogP contribution in [0.2, 0.25) is 0 Å². The molecule has 0 aliphatic rings. The third-order valence-electron chi connectivity index (χ3n) is 24.7. The van der Waals surface area contributed by atoms with Gasteiger partial charge in [0.15, 0.2) is 0 Å². The van der Waals surface area contributed by atoms with Crippen LogP contribution in [0.15, 0.2) is 303 Å². The topological polar surface area (TPSA) is 218 Å². The van der Waals surface area contributed by atoms with E-state index in [1.165, 1.54) is 144 Å². The molecule has 12 nitrogen and oxygen atoms in total. The molecule has 16 rings (SSSR count). The van der Waals surface area contributed by atoms with Crippen LogP contribution in [0.5, 0.6) is 0 Å². The summed E-state index contributed by atoms with van der Waals surface area (Å²) in [5.41, 5.74) is 13.7. The maximum Gasteiger partial charge on any atom is 0.325 e. The summed E-state index contributed by atoms with van der Waals surface area (Å²) in [4.78, 5) is 56.9. The van der Waals surface area contributed by atoms with Crippen molar-refractivity contribution in [2.75, 3.05) is 0 Å². The zero-order valence-corrected chi connectivity index (χ0v) is 103. The molecule has 0 saturated heterocycles. The third-order valence-corrected chi connectivity index (χ3v) is 24.7. The fraction of sp³-hybridized carbons (Fsp3) is 0.333. The second-order valence-corrected chi connectivity index (χ2v) is 47.9. The molecule has 0 atom stereocenters. The molecule has 4 heterocycles. The minimum atomic E-state index is -0.306. The normalized spacial score (nSPS) is 12.3. The number of carbonyl (C=O) groups excluding carboxylic acids is 4. The monoisotopic (exact) mass is 2700 g/mol. The number of hydrogen-bond acceptors (Lipinski definition) is 8. The van der Waals surface area contributed by atoms with Crippen molar-refractivity contribution in [2.24, 2.45) is 43.3 Å². The molecule has 0 aliphatic carbocycles. The Morgan fingerprint density at radius 3 is 0.709 bits per heavy atom. The first-order valence-corrected chi connectivity index (χ1v) is 49.7. The SMILES string of the molecule is CC(C)(C)C(=[OH+])C=C(O)C(C)(C)C.CC(C)(C)C(=[OH+])C=C(O)C(C)(C)C.CC(C)(C)C(=[OH+])C=C(O)C(C)(C)C.CC(C)(C)C(=[OH+])C=C(O)C(C)(C)C.CC(C)(C)c1cc[c-]c(-c2nccc3c2ccc2ccccc23)c1.Cc1cc[c-]c(-c2nccc3c2ccc2cc(C(C)(C)C)ccc23)c1.Cc1cc[c-]c(-c2nccc3c2ccc2cc(C)ccc23)c1.Cc1cc[c-]c(-c2nccc3c2ccc2ccccc23)c1.[Ir].[Ir].[Ir].[Ir]. The Kier molecular flexibility index (Phi) is 45.1. The minimum Gasteiger partial charge on any atom is -0.511 e. The Hall–Kier alpha value is -11.2. The molecule has 0 spiro atoms. The summed E-state index contributed by atoms with van der Waals surface area (Å²) in [6, 6.07) is 94.5. The van der Waals surface area contributed by atoms with Crippen LogP contribution in [-0.2, 0) is 91.3 Å². The molecule has 4 aromatic heterocycles. The fourth-order valence-electron chi connectivity index (χ4n) is 14.8. The van der Waals surface area contributed by atoms with Gasteiger partial charge in [-0.25, -0.2) is 0 Å². The summed E-state index contributed by atoms with van der Waals surface area (Å²) in [5.74, 6) is 1.67. The number of fused-ring (bicyclic) bond motifs is 12. The van der Waals surface area contributed by atoms with Gasteiger partial charge in [0.05, 0.1) is 46.0 Å². The molecule has 0 bridgehead atoms. The summed E-state index contributed by atoms with van der Waals surface area (Å²) in [5, 5.41) is 58.3. The first kappa shape index (κ1) is 127. The molecule has 4 radical (unpaired) electrons. The number of aliphatic hydroxyl groups is 4. The number of aliphatic hydroxyl groups excluding tert-OH is 4. The van der Waals surface area contributed by atoms with Crippen LogP contribution >= 0.6 is 0 Å². The number of benzene rings is 12. The molecule has 12 aromatic carbocycles. The van der Waals surface area contributed by atoms with Gasteiger partial charge in [0, 0.05) is 127 Å². The number of ketones is 4. The number of aryl methyl sites for hydroxylation is 4. The van der Waals surface area contributed by atoms with Gasteiger partial charge in [-0.1, -0.05) is 284 Å². The standard InChI is InChI=1S/C24H22N.C23H20N.C21H16N.C20H14N.4C11H20O2.4Ir/c1-16-6-5-7-18(14-16)23-22-10-8-17-15-19(24(2,3)4)9-11-20(17)21(22)12-13-25-23;1-23(2,3)18-9-6-8-17(15-18)22-21-12-11-16-7-4-5-10-19(16)20(21)13-14-24-22;1-14-4-3-5-17(13-14)21-20-9-7-16-12-15(2)6-8-18(16)19(20)10-11-22-21;1-14-5-4-7-16(13-14)20-19-10-9-15-6-2-3-8-17(15)18(19)11-12-21-20;4*1-10(2,3)8(12)7-9(13)11(4,5)6;;;;/h5-6,8-15H,1-4H3;4-7,9-15H,1-3H3;3-4,6-13H,1-2H3;2-6,8-13H,1H3;4*7,12H,1-6H3;;;;/q4*-1;;;;;;;;/p+4. The molecule has 0 fully saturated rings. The summed E-state index contributed by atoms with van der Waals surface area (Å²) >= 11 is 0. The van der Waals surface area contributed by atoms with Crippen LogP contribution in [0.25, 0.3) is 131 Å². The Balaban J connectivity index is 0.000000301. The Bertz CT molecular complexity index is 7270. The van der Waals surface area contributed by atoms with E-state index in [9.17, 15) is 39.6 Å². The van der Waals surface area contributed by atoms with Crippen molar-refractivity contribution in [3.8, 4) is 45.0 Å². The van der Waals surface area contributed by atoms with E-state index in [4.69, 9.17) is 0 Å². The quantitative estimate of drug-likeness (QED) is 0.0376. The van der Waals surface area contributed by atoms with Gasteiger partial charge < -0.3 is 40.4 Å². The largest absolute Gasteiger partial charge is 0.511 e.